The van der Waals surface area contributed by atoms with Gasteiger partial charge in [-0.2, -0.15) is 0 Å². The molecule has 2 aliphatic rings. The van der Waals surface area contributed by atoms with Crippen molar-refractivity contribution in [2.45, 2.75) is 26.2 Å². The van der Waals surface area contributed by atoms with E-state index < -0.39 is 21.8 Å². The van der Waals surface area contributed by atoms with Crippen LogP contribution in [-0.2, 0) is 14.8 Å². The third kappa shape index (κ3) is 4.36. The SMILES string of the molecule is Cc1ccc2c(c1)C(=O)N(CCS(=O)(=O)NCCCN1CCCC1=O)C2=O. The van der Waals surface area contributed by atoms with Crippen LogP contribution in [0.3, 0.4) is 0 Å². The number of hydrogen-bond donors (Lipinski definition) is 1. The summed E-state index contributed by atoms with van der Waals surface area (Å²) in [6.45, 7) is 3.10. The number of benzene rings is 1. The average Bonchev–Trinajstić information content (AvgIpc) is 3.12. The normalized spacial score (nSPS) is 17.1. The minimum Gasteiger partial charge on any atom is -0.343 e. The van der Waals surface area contributed by atoms with E-state index in [4.69, 9.17) is 0 Å². The Hall–Kier alpha value is -2.26. The number of imide groups is 1. The molecule has 0 radical (unpaired) electrons. The third-order valence-electron chi connectivity index (χ3n) is 4.81. The van der Waals surface area contributed by atoms with Gasteiger partial charge in [0.25, 0.3) is 11.8 Å². The summed E-state index contributed by atoms with van der Waals surface area (Å²) in [4.78, 5) is 38.9. The quantitative estimate of drug-likeness (QED) is 0.512. The Bertz CT molecular complexity index is 881. The molecule has 2 heterocycles. The molecule has 3 amide bonds. The molecular formula is C18H23N3O5S. The van der Waals surface area contributed by atoms with Gasteiger partial charge in [-0.3, -0.25) is 19.3 Å². The fraction of sp³-hybridized carbons (Fsp3) is 0.500. The van der Waals surface area contributed by atoms with Crippen molar-refractivity contribution in [1.29, 1.82) is 0 Å². The van der Waals surface area contributed by atoms with E-state index in [1.165, 1.54) is 0 Å². The molecule has 2 aliphatic heterocycles. The van der Waals surface area contributed by atoms with Gasteiger partial charge in [-0.15, -0.1) is 0 Å². The second-order valence-electron chi connectivity index (χ2n) is 6.86. The maximum atomic E-state index is 12.4. The number of nitrogens with one attached hydrogen (secondary N) is 1. The molecule has 0 atom stereocenters. The van der Waals surface area contributed by atoms with Crippen LogP contribution in [0.25, 0.3) is 0 Å². The van der Waals surface area contributed by atoms with Crippen LogP contribution in [0.4, 0.5) is 0 Å². The van der Waals surface area contributed by atoms with Crippen LogP contribution >= 0.6 is 0 Å². The Morgan fingerprint density at radius 2 is 1.81 bits per heavy atom. The maximum Gasteiger partial charge on any atom is 0.261 e. The van der Waals surface area contributed by atoms with Crippen LogP contribution in [0.15, 0.2) is 18.2 Å². The van der Waals surface area contributed by atoms with Gasteiger partial charge in [0.05, 0.1) is 16.9 Å². The molecule has 8 nitrogen and oxygen atoms in total. The largest absolute Gasteiger partial charge is 0.343 e. The van der Waals surface area contributed by atoms with Gasteiger partial charge < -0.3 is 4.90 Å². The number of sulfonamides is 1. The predicted octanol–water partition coefficient (Wildman–Crippen LogP) is 0.523. The number of likely N-dealkylation sites (tertiary alicyclic amines) is 1. The minimum atomic E-state index is -3.62. The monoisotopic (exact) mass is 393 g/mol. The van der Waals surface area contributed by atoms with E-state index >= 15 is 0 Å². The summed E-state index contributed by atoms with van der Waals surface area (Å²) >= 11 is 0. The van der Waals surface area contributed by atoms with Gasteiger partial charge >= 0.3 is 0 Å². The van der Waals surface area contributed by atoms with Crippen LogP contribution in [0.5, 0.6) is 0 Å². The number of fused-ring (bicyclic) bond motifs is 1. The first-order chi connectivity index (χ1) is 12.8. The molecule has 0 spiro atoms. The molecular weight excluding hydrogens is 370 g/mol. The smallest absolute Gasteiger partial charge is 0.261 e. The highest BCUT2D eigenvalue weighted by molar-refractivity contribution is 7.89. The van der Waals surface area contributed by atoms with Crippen molar-refractivity contribution in [3.63, 3.8) is 0 Å². The first kappa shape index (κ1) is 19.5. The molecule has 0 unspecified atom stereocenters. The lowest BCUT2D eigenvalue weighted by molar-refractivity contribution is -0.127. The number of rotatable bonds is 8. The van der Waals surface area contributed by atoms with Crippen molar-refractivity contribution in [3.8, 4) is 0 Å². The highest BCUT2D eigenvalue weighted by Gasteiger charge is 2.35. The van der Waals surface area contributed by atoms with E-state index in [2.05, 4.69) is 4.72 Å². The molecule has 9 heteroatoms. The molecule has 27 heavy (non-hydrogen) atoms. The summed E-state index contributed by atoms with van der Waals surface area (Å²) in [5, 5.41) is 0. The number of nitrogens with zero attached hydrogens (tertiary/aromatic N) is 2. The number of carbonyl (C=O) groups is 3. The van der Waals surface area contributed by atoms with Gasteiger partial charge in [-0.1, -0.05) is 11.6 Å². The standard InChI is InChI=1S/C18H23N3O5S/c1-13-5-6-14-15(12-13)18(24)21(17(14)23)10-11-27(25,26)19-7-3-9-20-8-2-4-16(20)22/h5-6,12,19H,2-4,7-11H2,1H3. The van der Waals surface area contributed by atoms with Gasteiger partial charge in [-0.05, 0) is 31.9 Å². The van der Waals surface area contributed by atoms with Crippen molar-refractivity contribution < 1.29 is 22.8 Å². The zero-order valence-corrected chi connectivity index (χ0v) is 16.0. The summed E-state index contributed by atoms with van der Waals surface area (Å²) in [6, 6.07) is 4.98. The van der Waals surface area contributed by atoms with Gasteiger partial charge in [0.2, 0.25) is 15.9 Å². The number of hydrogen-bond acceptors (Lipinski definition) is 5. The van der Waals surface area contributed by atoms with Crippen LogP contribution in [0.1, 0.15) is 45.5 Å². The van der Waals surface area contributed by atoms with E-state index in [1.807, 2.05) is 6.92 Å². The number of carbonyl (C=O) groups excluding carboxylic acids is 3. The molecule has 3 rings (SSSR count). The van der Waals surface area contributed by atoms with Crippen LogP contribution in [0, 0.1) is 6.92 Å². The summed E-state index contributed by atoms with van der Waals surface area (Å²) < 4.78 is 26.8. The lowest BCUT2D eigenvalue weighted by Gasteiger charge is -2.16. The lowest BCUT2D eigenvalue weighted by Crippen LogP contribution is -2.38. The van der Waals surface area contributed by atoms with Crippen LogP contribution < -0.4 is 4.72 Å². The van der Waals surface area contributed by atoms with Gasteiger partial charge in [0.15, 0.2) is 0 Å². The van der Waals surface area contributed by atoms with Crippen molar-refractivity contribution in [2.24, 2.45) is 0 Å². The second-order valence-corrected chi connectivity index (χ2v) is 8.79. The molecule has 1 aromatic carbocycles. The summed E-state index contributed by atoms with van der Waals surface area (Å²) in [7, 11) is -3.62. The molecule has 146 valence electrons. The highest BCUT2D eigenvalue weighted by Crippen LogP contribution is 2.23. The minimum absolute atomic E-state index is 0.110. The van der Waals surface area contributed by atoms with E-state index in [0.717, 1.165) is 23.4 Å². The van der Waals surface area contributed by atoms with Crippen LogP contribution in [0.2, 0.25) is 0 Å². The van der Waals surface area contributed by atoms with Gasteiger partial charge in [-0.25, -0.2) is 13.1 Å². The van der Waals surface area contributed by atoms with Gasteiger partial charge in [0.1, 0.15) is 0 Å². The topological polar surface area (TPSA) is 104 Å². The van der Waals surface area contributed by atoms with Crippen molar-refractivity contribution in [2.75, 3.05) is 31.9 Å². The molecule has 0 aliphatic carbocycles. The van der Waals surface area contributed by atoms with Crippen LogP contribution in [-0.4, -0.2) is 67.9 Å². The molecule has 1 fully saturated rings. The number of aryl methyl sites for hydroxylation is 1. The Morgan fingerprint density at radius 1 is 1.07 bits per heavy atom. The summed E-state index contributed by atoms with van der Waals surface area (Å²) in [6.07, 6.45) is 1.94. The van der Waals surface area contributed by atoms with E-state index in [0.29, 0.717) is 30.5 Å². The maximum absolute atomic E-state index is 12.4. The fourth-order valence-electron chi connectivity index (χ4n) is 3.33. The molecule has 0 bridgehead atoms. The van der Waals surface area contributed by atoms with E-state index in [-0.39, 0.29) is 24.7 Å². The Morgan fingerprint density at radius 3 is 2.52 bits per heavy atom. The zero-order valence-electron chi connectivity index (χ0n) is 15.2. The predicted molar refractivity (Wildman–Crippen MR) is 98.8 cm³/mol. The second kappa shape index (κ2) is 7.77. The Kier molecular flexibility index (Phi) is 5.61. The molecule has 0 aromatic heterocycles. The van der Waals surface area contributed by atoms with Crippen molar-refractivity contribution in [3.05, 3.63) is 34.9 Å². The van der Waals surface area contributed by atoms with E-state index in [1.54, 1.807) is 23.1 Å². The molecule has 1 aromatic rings. The first-order valence-corrected chi connectivity index (χ1v) is 10.7. The molecule has 1 N–H and O–H groups in total. The zero-order chi connectivity index (χ0) is 19.6. The number of amides is 3. The Labute approximate surface area is 158 Å². The average molecular weight is 393 g/mol. The molecule has 1 saturated heterocycles. The van der Waals surface area contributed by atoms with E-state index in [9.17, 15) is 22.8 Å². The lowest BCUT2D eigenvalue weighted by atomic mass is 10.1. The summed E-state index contributed by atoms with van der Waals surface area (Å²) in [5.74, 6) is -1.15. The third-order valence-corrected chi connectivity index (χ3v) is 6.17. The fourth-order valence-corrected chi connectivity index (χ4v) is 4.35. The highest BCUT2D eigenvalue weighted by atomic mass is 32.2. The summed E-state index contributed by atoms with van der Waals surface area (Å²) in [5.41, 5.74) is 1.49. The molecule has 0 saturated carbocycles. The van der Waals surface area contributed by atoms with Crippen molar-refractivity contribution in [1.82, 2.24) is 14.5 Å². The van der Waals surface area contributed by atoms with Gasteiger partial charge in [0, 0.05) is 32.6 Å². The first-order valence-electron chi connectivity index (χ1n) is 9.00. The van der Waals surface area contributed by atoms with Crippen molar-refractivity contribution >= 4 is 27.7 Å². The Balaban J connectivity index is 1.48.